The van der Waals surface area contributed by atoms with Gasteiger partial charge in [0.1, 0.15) is 0 Å². The molecule has 2 aliphatic rings. The maximum Gasteiger partial charge on any atom is 0.0246 e. The predicted molar refractivity (Wildman–Crippen MR) is 87.7 cm³/mol. The molecule has 2 heteroatoms. The van der Waals surface area contributed by atoms with E-state index in [1.54, 1.807) is 0 Å². The molecule has 0 bridgehead atoms. The van der Waals surface area contributed by atoms with E-state index >= 15 is 0 Å². The summed E-state index contributed by atoms with van der Waals surface area (Å²) in [5.74, 6) is 2.63. The average Bonchev–Trinajstić information content (AvgIpc) is 2.39. The largest absolute Gasteiger partial charge is 0.329 e. The van der Waals surface area contributed by atoms with Crippen LogP contribution in [0.3, 0.4) is 0 Å². The molecule has 0 spiro atoms. The molecular weight excluding hydrogens is 244 g/mol. The van der Waals surface area contributed by atoms with Crippen molar-refractivity contribution in [2.24, 2.45) is 28.9 Å². The van der Waals surface area contributed by atoms with E-state index < -0.39 is 0 Å². The van der Waals surface area contributed by atoms with E-state index in [9.17, 15) is 0 Å². The minimum Gasteiger partial charge on any atom is -0.329 e. The van der Waals surface area contributed by atoms with Crippen LogP contribution in [-0.4, -0.2) is 30.6 Å². The Morgan fingerprint density at radius 3 is 2.25 bits per heavy atom. The number of piperidine rings is 1. The molecule has 2 fully saturated rings. The van der Waals surface area contributed by atoms with Gasteiger partial charge in [0, 0.05) is 19.1 Å². The summed E-state index contributed by atoms with van der Waals surface area (Å²) < 4.78 is 0. The lowest BCUT2D eigenvalue weighted by Gasteiger charge is -2.44. The second-order valence-electron chi connectivity index (χ2n) is 8.52. The number of hydrogen-bond acceptors (Lipinski definition) is 2. The molecular formula is C18H36N2. The number of nitrogens with zero attached hydrogens (tertiary/aromatic N) is 1. The minimum atomic E-state index is 0.489. The van der Waals surface area contributed by atoms with E-state index in [4.69, 9.17) is 5.73 Å². The molecule has 0 aromatic heterocycles. The van der Waals surface area contributed by atoms with E-state index in [0.717, 1.165) is 24.3 Å². The van der Waals surface area contributed by atoms with Crippen LogP contribution < -0.4 is 5.73 Å². The summed E-state index contributed by atoms with van der Waals surface area (Å²) in [6.07, 6.45) is 8.39. The first kappa shape index (κ1) is 16.3. The van der Waals surface area contributed by atoms with Gasteiger partial charge >= 0.3 is 0 Å². The first-order valence-electron chi connectivity index (χ1n) is 8.86. The first-order chi connectivity index (χ1) is 9.41. The van der Waals surface area contributed by atoms with Gasteiger partial charge < -0.3 is 5.73 Å². The maximum absolute atomic E-state index is 6.16. The van der Waals surface area contributed by atoms with Crippen LogP contribution in [0, 0.1) is 23.2 Å². The maximum atomic E-state index is 6.16. The standard InChI is InChI=1S/C18H36N2/c1-14-6-5-11-20(13-14)17(12-19)15-7-9-16(10-8-15)18(2,3)4/h14-17H,5-13,19H2,1-4H3. The van der Waals surface area contributed by atoms with Gasteiger partial charge in [-0.3, -0.25) is 4.90 Å². The van der Waals surface area contributed by atoms with Gasteiger partial charge in [-0.25, -0.2) is 0 Å². The Morgan fingerprint density at radius 1 is 1.10 bits per heavy atom. The quantitative estimate of drug-likeness (QED) is 0.849. The molecule has 0 amide bonds. The fourth-order valence-corrected chi connectivity index (χ4v) is 4.54. The average molecular weight is 281 g/mol. The van der Waals surface area contributed by atoms with Crippen molar-refractivity contribution in [2.45, 2.75) is 72.3 Å². The molecule has 118 valence electrons. The SMILES string of the molecule is CC1CCCN(C(CN)C2CCC(C(C)(C)C)CC2)C1. The van der Waals surface area contributed by atoms with Gasteiger partial charge in [-0.05, 0) is 68.2 Å². The summed E-state index contributed by atoms with van der Waals surface area (Å²) in [6.45, 7) is 13.0. The molecule has 2 rings (SSSR count). The Bertz CT molecular complexity index is 286. The molecule has 20 heavy (non-hydrogen) atoms. The molecule has 2 N–H and O–H groups in total. The van der Waals surface area contributed by atoms with E-state index in [0.29, 0.717) is 11.5 Å². The monoisotopic (exact) mass is 280 g/mol. The predicted octanol–water partition coefficient (Wildman–Crippen LogP) is 3.90. The molecule has 2 atom stereocenters. The van der Waals surface area contributed by atoms with Crippen molar-refractivity contribution in [2.75, 3.05) is 19.6 Å². The Labute approximate surface area is 126 Å². The summed E-state index contributed by atoms with van der Waals surface area (Å²) in [7, 11) is 0. The lowest BCUT2D eigenvalue weighted by molar-refractivity contribution is 0.0577. The molecule has 0 aromatic rings. The van der Waals surface area contributed by atoms with Crippen molar-refractivity contribution in [3.05, 3.63) is 0 Å². The van der Waals surface area contributed by atoms with Crippen molar-refractivity contribution in [3.8, 4) is 0 Å². The van der Waals surface area contributed by atoms with Crippen LogP contribution in [0.4, 0.5) is 0 Å². The van der Waals surface area contributed by atoms with Crippen molar-refractivity contribution in [1.29, 1.82) is 0 Å². The summed E-state index contributed by atoms with van der Waals surface area (Å²) in [5.41, 5.74) is 6.65. The highest BCUT2D eigenvalue weighted by molar-refractivity contribution is 4.89. The second-order valence-corrected chi connectivity index (χ2v) is 8.52. The van der Waals surface area contributed by atoms with Crippen LogP contribution in [-0.2, 0) is 0 Å². The third-order valence-corrected chi connectivity index (χ3v) is 5.94. The number of hydrogen-bond donors (Lipinski definition) is 1. The van der Waals surface area contributed by atoms with E-state index in [2.05, 4.69) is 32.6 Å². The van der Waals surface area contributed by atoms with Crippen LogP contribution in [0.25, 0.3) is 0 Å². The Kier molecular flexibility index (Phi) is 5.53. The summed E-state index contributed by atoms with van der Waals surface area (Å²) in [6, 6.07) is 0.652. The number of rotatable bonds is 3. The van der Waals surface area contributed by atoms with Crippen LogP contribution in [0.15, 0.2) is 0 Å². The summed E-state index contributed by atoms with van der Waals surface area (Å²) >= 11 is 0. The molecule has 0 radical (unpaired) electrons. The van der Waals surface area contributed by atoms with Crippen LogP contribution in [0.2, 0.25) is 0 Å². The van der Waals surface area contributed by atoms with Gasteiger partial charge in [0.25, 0.3) is 0 Å². The summed E-state index contributed by atoms with van der Waals surface area (Å²) in [5, 5.41) is 0. The van der Waals surface area contributed by atoms with Gasteiger partial charge in [-0.2, -0.15) is 0 Å². The smallest absolute Gasteiger partial charge is 0.0246 e. The van der Waals surface area contributed by atoms with Crippen LogP contribution in [0.5, 0.6) is 0 Å². The third kappa shape index (κ3) is 3.98. The van der Waals surface area contributed by atoms with Gasteiger partial charge in [0.15, 0.2) is 0 Å². The van der Waals surface area contributed by atoms with Crippen molar-refractivity contribution >= 4 is 0 Å². The van der Waals surface area contributed by atoms with Gasteiger partial charge in [0.2, 0.25) is 0 Å². The molecule has 0 aromatic carbocycles. The Balaban J connectivity index is 1.90. The van der Waals surface area contributed by atoms with E-state index in [-0.39, 0.29) is 0 Å². The van der Waals surface area contributed by atoms with Crippen molar-refractivity contribution in [1.82, 2.24) is 4.90 Å². The topological polar surface area (TPSA) is 29.3 Å². The zero-order valence-electron chi connectivity index (χ0n) is 14.2. The third-order valence-electron chi connectivity index (χ3n) is 5.94. The first-order valence-corrected chi connectivity index (χ1v) is 8.86. The highest BCUT2D eigenvalue weighted by atomic mass is 15.2. The van der Waals surface area contributed by atoms with Crippen molar-refractivity contribution < 1.29 is 0 Å². The number of nitrogens with two attached hydrogens (primary N) is 1. The number of likely N-dealkylation sites (tertiary alicyclic amines) is 1. The molecule has 1 saturated carbocycles. The fraction of sp³-hybridized carbons (Fsp3) is 1.00. The fourth-order valence-electron chi connectivity index (χ4n) is 4.54. The van der Waals surface area contributed by atoms with Gasteiger partial charge in [-0.15, -0.1) is 0 Å². The van der Waals surface area contributed by atoms with E-state index in [1.165, 1.54) is 51.6 Å². The Morgan fingerprint density at radius 2 is 1.75 bits per heavy atom. The zero-order valence-corrected chi connectivity index (χ0v) is 14.2. The normalized spacial score (nSPS) is 35.0. The Hall–Kier alpha value is -0.0800. The zero-order chi connectivity index (χ0) is 14.8. The highest BCUT2D eigenvalue weighted by Crippen LogP contribution is 2.41. The van der Waals surface area contributed by atoms with Crippen molar-refractivity contribution in [3.63, 3.8) is 0 Å². The molecule has 1 aliphatic heterocycles. The molecule has 1 heterocycles. The minimum absolute atomic E-state index is 0.489. The van der Waals surface area contributed by atoms with Gasteiger partial charge in [-0.1, -0.05) is 27.7 Å². The van der Waals surface area contributed by atoms with Crippen LogP contribution in [0.1, 0.15) is 66.2 Å². The lowest BCUT2D eigenvalue weighted by atomic mass is 9.68. The van der Waals surface area contributed by atoms with E-state index in [1.807, 2.05) is 0 Å². The second kappa shape index (κ2) is 6.79. The summed E-state index contributed by atoms with van der Waals surface area (Å²) in [4.78, 5) is 2.72. The van der Waals surface area contributed by atoms with Crippen LogP contribution >= 0.6 is 0 Å². The van der Waals surface area contributed by atoms with Gasteiger partial charge in [0.05, 0.1) is 0 Å². The highest BCUT2D eigenvalue weighted by Gasteiger charge is 2.35. The molecule has 2 unspecified atom stereocenters. The molecule has 1 saturated heterocycles. The lowest BCUT2D eigenvalue weighted by Crippen LogP contribution is -2.50. The molecule has 1 aliphatic carbocycles. The molecule has 2 nitrogen and oxygen atoms in total.